The van der Waals surface area contributed by atoms with E-state index in [1.807, 2.05) is 11.3 Å². The van der Waals surface area contributed by atoms with Gasteiger partial charge in [-0.05, 0) is 68.4 Å². The van der Waals surface area contributed by atoms with Crippen LogP contribution >= 0.6 is 22.7 Å². The summed E-state index contributed by atoms with van der Waals surface area (Å²) in [4.78, 5) is 19.8. The van der Waals surface area contributed by atoms with Crippen LogP contribution in [-0.4, -0.2) is 39.5 Å². The first kappa shape index (κ1) is 21.8. The number of anilines is 1. The van der Waals surface area contributed by atoms with Gasteiger partial charge in [0.1, 0.15) is 16.5 Å². The van der Waals surface area contributed by atoms with Gasteiger partial charge in [-0.15, -0.1) is 22.7 Å². The van der Waals surface area contributed by atoms with Crippen LogP contribution in [0.15, 0.2) is 48.0 Å². The lowest BCUT2D eigenvalue weighted by molar-refractivity contribution is 0.323. The number of aromatic nitrogens is 3. The number of nitrogens with zero attached hydrogens (tertiary/aromatic N) is 3. The molecule has 1 saturated heterocycles. The second kappa shape index (κ2) is 9.13. The van der Waals surface area contributed by atoms with E-state index >= 15 is 0 Å². The Labute approximate surface area is 207 Å². The average molecular weight is 488 g/mol. The molecule has 0 bridgehead atoms. The van der Waals surface area contributed by atoms with Crippen LogP contribution in [0.4, 0.5) is 5.82 Å². The van der Waals surface area contributed by atoms with Crippen molar-refractivity contribution in [3.8, 4) is 0 Å². The fraction of sp³-hybridized carbons (Fsp3) is 0.333. The number of hydrogen-bond acceptors (Lipinski definition) is 6. The van der Waals surface area contributed by atoms with Gasteiger partial charge in [0.15, 0.2) is 0 Å². The highest BCUT2D eigenvalue weighted by atomic mass is 32.1. The zero-order valence-corrected chi connectivity index (χ0v) is 21.2. The van der Waals surface area contributed by atoms with Crippen LogP contribution in [0.1, 0.15) is 45.5 Å². The van der Waals surface area contributed by atoms with Gasteiger partial charge in [0, 0.05) is 39.3 Å². The molecule has 1 atom stereocenters. The van der Waals surface area contributed by atoms with Crippen molar-refractivity contribution in [1.29, 1.82) is 0 Å². The van der Waals surface area contributed by atoms with Crippen LogP contribution in [0.2, 0.25) is 0 Å². The van der Waals surface area contributed by atoms with E-state index in [2.05, 4.69) is 77.0 Å². The molecule has 0 aliphatic carbocycles. The number of fused-ring (bicyclic) bond motifs is 2. The number of para-hydroxylation sites is 1. The summed E-state index contributed by atoms with van der Waals surface area (Å²) in [5.74, 6) is 2.14. The summed E-state index contributed by atoms with van der Waals surface area (Å²) >= 11 is 3.60. The molecule has 5 heterocycles. The summed E-state index contributed by atoms with van der Waals surface area (Å²) < 4.78 is 0. The highest BCUT2D eigenvalue weighted by molar-refractivity contribution is 7.18. The predicted molar refractivity (Wildman–Crippen MR) is 144 cm³/mol. The van der Waals surface area contributed by atoms with E-state index in [9.17, 15) is 0 Å². The van der Waals surface area contributed by atoms with E-state index in [0.29, 0.717) is 0 Å². The molecule has 7 heteroatoms. The maximum atomic E-state index is 5.07. The molecule has 1 fully saturated rings. The number of aromatic amines is 1. The number of hydrogen-bond donors (Lipinski definition) is 2. The average Bonchev–Trinajstić information content (AvgIpc) is 3.64. The lowest BCUT2D eigenvalue weighted by Crippen LogP contribution is -2.21. The van der Waals surface area contributed by atoms with Crippen molar-refractivity contribution in [2.24, 2.45) is 0 Å². The van der Waals surface area contributed by atoms with Gasteiger partial charge in [-0.25, -0.2) is 9.97 Å². The Kier molecular flexibility index (Phi) is 5.85. The molecule has 4 aromatic heterocycles. The van der Waals surface area contributed by atoms with Crippen molar-refractivity contribution in [1.82, 2.24) is 19.9 Å². The van der Waals surface area contributed by atoms with Crippen molar-refractivity contribution in [2.75, 3.05) is 25.0 Å². The fourth-order valence-electron chi connectivity index (χ4n) is 5.07. The maximum absolute atomic E-state index is 5.07. The molecule has 6 rings (SSSR count). The Morgan fingerprint density at radius 3 is 2.76 bits per heavy atom. The Morgan fingerprint density at radius 1 is 1.09 bits per heavy atom. The molecule has 5 nitrogen and oxygen atoms in total. The van der Waals surface area contributed by atoms with Crippen LogP contribution in [0.5, 0.6) is 0 Å². The van der Waals surface area contributed by atoms with Crippen molar-refractivity contribution < 1.29 is 0 Å². The largest absolute Gasteiger partial charge is 0.368 e. The lowest BCUT2D eigenvalue weighted by atomic mass is 9.96. The Bertz CT molecular complexity index is 1430. The summed E-state index contributed by atoms with van der Waals surface area (Å²) in [5, 5.41) is 8.41. The first-order valence-corrected chi connectivity index (χ1v) is 13.7. The van der Waals surface area contributed by atoms with Gasteiger partial charge in [-0.3, -0.25) is 4.90 Å². The number of H-pyrrole nitrogens is 1. The van der Waals surface area contributed by atoms with E-state index in [1.165, 1.54) is 50.0 Å². The molecule has 1 aromatic carbocycles. The fourth-order valence-corrected chi connectivity index (χ4v) is 6.96. The second-order valence-electron chi connectivity index (χ2n) is 9.17. The minimum absolute atomic E-state index is 0.239. The molecule has 0 spiro atoms. The van der Waals surface area contributed by atoms with E-state index in [1.54, 1.807) is 11.3 Å². The third-order valence-electron chi connectivity index (χ3n) is 7.00. The van der Waals surface area contributed by atoms with Gasteiger partial charge >= 0.3 is 0 Å². The molecular weight excluding hydrogens is 458 g/mol. The van der Waals surface area contributed by atoms with Gasteiger partial charge < -0.3 is 10.3 Å². The van der Waals surface area contributed by atoms with Crippen molar-refractivity contribution in [3.63, 3.8) is 0 Å². The number of benzene rings is 1. The molecule has 0 amide bonds. The molecule has 0 unspecified atom stereocenters. The third-order valence-corrected chi connectivity index (χ3v) is 9.08. The van der Waals surface area contributed by atoms with Crippen LogP contribution in [0.25, 0.3) is 21.1 Å². The van der Waals surface area contributed by atoms with E-state index in [0.717, 1.165) is 42.7 Å². The molecule has 34 heavy (non-hydrogen) atoms. The van der Waals surface area contributed by atoms with Crippen LogP contribution in [0, 0.1) is 13.8 Å². The van der Waals surface area contributed by atoms with Gasteiger partial charge in [0.25, 0.3) is 0 Å². The molecule has 5 aromatic rings. The van der Waals surface area contributed by atoms with Crippen molar-refractivity contribution in [3.05, 3.63) is 74.7 Å². The lowest BCUT2D eigenvalue weighted by Gasteiger charge is -2.19. The first-order valence-electron chi connectivity index (χ1n) is 12.0. The van der Waals surface area contributed by atoms with Crippen molar-refractivity contribution in [2.45, 2.75) is 39.2 Å². The molecule has 1 aliphatic heterocycles. The number of rotatable bonds is 7. The molecule has 174 valence electrons. The zero-order valence-electron chi connectivity index (χ0n) is 19.6. The Balaban J connectivity index is 1.37. The van der Waals surface area contributed by atoms with E-state index in [-0.39, 0.29) is 5.92 Å². The van der Waals surface area contributed by atoms with Crippen molar-refractivity contribution >= 4 is 49.6 Å². The number of likely N-dealkylation sites (tertiary alicyclic amines) is 1. The Hall–Kier alpha value is -2.74. The first-order chi connectivity index (χ1) is 16.7. The SMILES string of the molecule is Cc1sc2nc(CN3CCCC3)nc(NC[C@@H](c3cccs3)c3c[nH]c4ccccc34)c2c1C. The van der Waals surface area contributed by atoms with E-state index in [4.69, 9.17) is 9.97 Å². The smallest absolute Gasteiger partial charge is 0.146 e. The van der Waals surface area contributed by atoms with Crippen LogP contribution in [-0.2, 0) is 6.54 Å². The summed E-state index contributed by atoms with van der Waals surface area (Å²) in [5.41, 5.74) is 3.79. The molecular formula is C27H29N5S2. The third kappa shape index (κ3) is 4.02. The topological polar surface area (TPSA) is 56.8 Å². The minimum Gasteiger partial charge on any atom is -0.368 e. The second-order valence-corrected chi connectivity index (χ2v) is 11.4. The molecule has 0 saturated carbocycles. The maximum Gasteiger partial charge on any atom is 0.146 e. The minimum atomic E-state index is 0.239. The molecule has 0 radical (unpaired) electrons. The summed E-state index contributed by atoms with van der Waals surface area (Å²) in [6.45, 7) is 8.29. The monoisotopic (exact) mass is 487 g/mol. The van der Waals surface area contributed by atoms with Gasteiger partial charge in [-0.1, -0.05) is 24.3 Å². The number of nitrogens with one attached hydrogen (secondary N) is 2. The van der Waals surface area contributed by atoms with Gasteiger partial charge in [-0.2, -0.15) is 0 Å². The summed E-state index contributed by atoms with van der Waals surface area (Å²) in [6, 6.07) is 13.0. The summed E-state index contributed by atoms with van der Waals surface area (Å²) in [7, 11) is 0. The molecule has 2 N–H and O–H groups in total. The van der Waals surface area contributed by atoms with Crippen LogP contribution < -0.4 is 5.32 Å². The Morgan fingerprint density at radius 2 is 1.94 bits per heavy atom. The summed E-state index contributed by atoms with van der Waals surface area (Å²) in [6.07, 6.45) is 4.72. The predicted octanol–water partition coefficient (Wildman–Crippen LogP) is 6.69. The number of aryl methyl sites for hydroxylation is 2. The van der Waals surface area contributed by atoms with Gasteiger partial charge in [0.05, 0.1) is 11.9 Å². The quantitative estimate of drug-likeness (QED) is 0.268. The highest BCUT2D eigenvalue weighted by Gasteiger charge is 2.22. The normalized spacial score (nSPS) is 15.5. The van der Waals surface area contributed by atoms with Gasteiger partial charge in [0.2, 0.25) is 0 Å². The highest BCUT2D eigenvalue weighted by Crippen LogP contribution is 2.36. The standard InChI is InChI=1S/C27H29N5S2/c1-17-18(2)34-27-25(17)26(30-24(31-27)16-32-11-5-6-12-32)29-15-21(23-10-7-13-33-23)20-14-28-22-9-4-3-8-19(20)22/h3-4,7-10,13-14,21,28H,5-6,11-12,15-16H2,1-2H3,(H,29,30,31)/t21-/m1/s1. The van der Waals surface area contributed by atoms with Crippen LogP contribution in [0.3, 0.4) is 0 Å². The zero-order chi connectivity index (χ0) is 23.1. The van der Waals surface area contributed by atoms with E-state index < -0.39 is 0 Å². The number of thiophene rings is 2. The molecule has 1 aliphatic rings.